The molecule has 7 nitrogen and oxygen atoms in total. The van der Waals surface area contributed by atoms with Crippen LogP contribution < -0.4 is 16.0 Å². The first-order valence-corrected chi connectivity index (χ1v) is 6.26. The summed E-state index contributed by atoms with van der Waals surface area (Å²) in [5.41, 5.74) is 0.968. The Balaban J connectivity index is 1.70. The average Bonchev–Trinajstić information content (AvgIpc) is 2.45. The Hall–Kier alpha value is -2.31. The van der Waals surface area contributed by atoms with E-state index >= 15 is 0 Å². The van der Waals surface area contributed by atoms with Crippen molar-refractivity contribution in [1.82, 2.24) is 10.6 Å². The number of hydrogen-bond donors (Lipinski definition) is 3. The average molecular weight is 263 g/mol. The van der Waals surface area contributed by atoms with Gasteiger partial charge in [0.2, 0.25) is 0 Å². The summed E-state index contributed by atoms with van der Waals surface area (Å²) in [6.45, 7) is 3.29. The van der Waals surface area contributed by atoms with Crippen molar-refractivity contribution in [2.24, 2.45) is 4.99 Å². The number of nitro groups is 1. The number of non-ortho nitro benzene ring substituents is 1. The standard InChI is InChI=1S/C12H17N5O2/c18-17(19)11-4-2-10(3-5-11)13-8-9-16-12-14-6-1-7-15-12/h2-5,13H,1,6-9H2,(H2,14,15,16). The van der Waals surface area contributed by atoms with Crippen LogP contribution >= 0.6 is 0 Å². The molecule has 0 aliphatic carbocycles. The summed E-state index contributed by atoms with van der Waals surface area (Å²) >= 11 is 0. The summed E-state index contributed by atoms with van der Waals surface area (Å²) in [6.07, 6.45) is 1.08. The van der Waals surface area contributed by atoms with Crippen molar-refractivity contribution in [2.75, 3.05) is 31.5 Å². The van der Waals surface area contributed by atoms with Gasteiger partial charge in [-0.05, 0) is 18.6 Å². The fourth-order valence-electron chi connectivity index (χ4n) is 1.74. The summed E-state index contributed by atoms with van der Waals surface area (Å²) in [7, 11) is 0. The maximum absolute atomic E-state index is 10.5. The van der Waals surface area contributed by atoms with Crippen molar-refractivity contribution < 1.29 is 4.92 Å². The zero-order valence-corrected chi connectivity index (χ0v) is 10.6. The van der Waals surface area contributed by atoms with Crippen LogP contribution in [0, 0.1) is 10.1 Å². The van der Waals surface area contributed by atoms with Crippen molar-refractivity contribution >= 4 is 17.3 Å². The molecule has 19 heavy (non-hydrogen) atoms. The Labute approximate surface area is 111 Å². The lowest BCUT2D eigenvalue weighted by Gasteiger charge is -2.16. The number of aliphatic imine (C=N–C) groups is 1. The molecule has 7 heteroatoms. The smallest absolute Gasteiger partial charge is 0.269 e. The molecule has 1 aliphatic rings. The Morgan fingerprint density at radius 3 is 2.63 bits per heavy atom. The van der Waals surface area contributed by atoms with Gasteiger partial charge in [-0.1, -0.05) is 0 Å². The lowest BCUT2D eigenvalue weighted by atomic mass is 10.3. The van der Waals surface area contributed by atoms with Crippen molar-refractivity contribution in [2.45, 2.75) is 6.42 Å². The number of benzene rings is 1. The molecule has 102 valence electrons. The Bertz CT molecular complexity index is 458. The number of nitrogens with zero attached hydrogens (tertiary/aromatic N) is 2. The molecule has 2 rings (SSSR count). The summed E-state index contributed by atoms with van der Waals surface area (Å²) in [5, 5.41) is 20.0. The highest BCUT2D eigenvalue weighted by Crippen LogP contribution is 2.14. The number of anilines is 1. The number of guanidine groups is 1. The van der Waals surface area contributed by atoms with Gasteiger partial charge in [0.15, 0.2) is 5.96 Å². The van der Waals surface area contributed by atoms with Gasteiger partial charge in [0, 0.05) is 44.0 Å². The van der Waals surface area contributed by atoms with Gasteiger partial charge in [0.05, 0.1) is 4.92 Å². The lowest BCUT2D eigenvalue weighted by Crippen LogP contribution is -2.42. The van der Waals surface area contributed by atoms with Gasteiger partial charge < -0.3 is 16.0 Å². The number of nitro benzene ring substituents is 1. The SMILES string of the molecule is O=[N+]([O-])c1ccc(NCCNC2=NCCCN2)cc1. The number of hydrogen-bond acceptors (Lipinski definition) is 6. The van der Waals surface area contributed by atoms with Crippen LogP contribution in [0.3, 0.4) is 0 Å². The summed E-state index contributed by atoms with van der Waals surface area (Å²) in [6, 6.07) is 6.38. The molecule has 1 aliphatic heterocycles. The van der Waals surface area contributed by atoms with Gasteiger partial charge >= 0.3 is 0 Å². The molecule has 3 N–H and O–H groups in total. The van der Waals surface area contributed by atoms with E-state index in [0.717, 1.165) is 44.2 Å². The predicted octanol–water partition coefficient (Wildman–Crippen LogP) is 0.946. The van der Waals surface area contributed by atoms with Gasteiger partial charge in [-0.2, -0.15) is 0 Å². The minimum Gasteiger partial charge on any atom is -0.383 e. The first-order chi connectivity index (χ1) is 9.25. The third kappa shape index (κ3) is 4.13. The second-order valence-electron chi connectivity index (χ2n) is 4.17. The largest absolute Gasteiger partial charge is 0.383 e. The van der Waals surface area contributed by atoms with Gasteiger partial charge in [-0.3, -0.25) is 15.1 Å². The molecule has 0 radical (unpaired) electrons. The van der Waals surface area contributed by atoms with E-state index in [2.05, 4.69) is 20.9 Å². The molecule has 0 fully saturated rings. The third-order valence-electron chi connectivity index (χ3n) is 2.72. The zero-order valence-electron chi connectivity index (χ0n) is 10.6. The van der Waals surface area contributed by atoms with Crippen LogP contribution in [-0.4, -0.2) is 37.1 Å². The van der Waals surface area contributed by atoms with Crippen LogP contribution in [0.5, 0.6) is 0 Å². The van der Waals surface area contributed by atoms with Crippen LogP contribution in [-0.2, 0) is 0 Å². The van der Waals surface area contributed by atoms with Crippen molar-refractivity contribution in [3.63, 3.8) is 0 Å². The summed E-state index contributed by atoms with van der Waals surface area (Å²) < 4.78 is 0. The van der Waals surface area contributed by atoms with Crippen LogP contribution in [0.4, 0.5) is 11.4 Å². The fourth-order valence-corrected chi connectivity index (χ4v) is 1.74. The van der Waals surface area contributed by atoms with E-state index in [1.807, 2.05) is 0 Å². The first kappa shape index (κ1) is 13.1. The first-order valence-electron chi connectivity index (χ1n) is 6.26. The highest BCUT2D eigenvalue weighted by Gasteiger charge is 2.04. The normalized spacial score (nSPS) is 14.2. The van der Waals surface area contributed by atoms with Crippen LogP contribution in [0.1, 0.15) is 6.42 Å². The second kappa shape index (κ2) is 6.58. The van der Waals surface area contributed by atoms with E-state index in [-0.39, 0.29) is 5.69 Å². The topological polar surface area (TPSA) is 91.6 Å². The maximum Gasteiger partial charge on any atom is 0.269 e. The van der Waals surface area contributed by atoms with E-state index in [9.17, 15) is 10.1 Å². The molecular formula is C12H17N5O2. The quantitative estimate of drug-likeness (QED) is 0.418. The van der Waals surface area contributed by atoms with E-state index in [0.29, 0.717) is 0 Å². The molecule has 0 aromatic heterocycles. The van der Waals surface area contributed by atoms with E-state index in [4.69, 9.17) is 0 Å². The molecule has 0 spiro atoms. The summed E-state index contributed by atoms with van der Waals surface area (Å²) in [4.78, 5) is 14.4. The molecular weight excluding hydrogens is 246 g/mol. The van der Waals surface area contributed by atoms with Gasteiger partial charge in [0.1, 0.15) is 0 Å². The van der Waals surface area contributed by atoms with E-state index in [1.54, 1.807) is 12.1 Å². The monoisotopic (exact) mass is 263 g/mol. The lowest BCUT2D eigenvalue weighted by molar-refractivity contribution is -0.384. The fraction of sp³-hybridized carbons (Fsp3) is 0.417. The molecule has 0 atom stereocenters. The van der Waals surface area contributed by atoms with Gasteiger partial charge in [-0.15, -0.1) is 0 Å². The Morgan fingerprint density at radius 2 is 2.00 bits per heavy atom. The molecule has 1 heterocycles. The second-order valence-corrected chi connectivity index (χ2v) is 4.17. The molecule has 0 bridgehead atoms. The zero-order chi connectivity index (χ0) is 13.5. The van der Waals surface area contributed by atoms with Gasteiger partial charge in [-0.25, -0.2) is 0 Å². The highest BCUT2D eigenvalue weighted by atomic mass is 16.6. The number of nitrogens with one attached hydrogen (secondary N) is 3. The van der Waals surface area contributed by atoms with Crippen molar-refractivity contribution in [1.29, 1.82) is 0 Å². The molecule has 0 amide bonds. The minimum atomic E-state index is -0.405. The van der Waals surface area contributed by atoms with Gasteiger partial charge in [0.25, 0.3) is 5.69 Å². The molecule has 0 unspecified atom stereocenters. The highest BCUT2D eigenvalue weighted by molar-refractivity contribution is 5.80. The van der Waals surface area contributed by atoms with Crippen LogP contribution in [0.15, 0.2) is 29.3 Å². The van der Waals surface area contributed by atoms with E-state index < -0.39 is 4.92 Å². The molecule has 0 saturated carbocycles. The molecule has 1 aromatic carbocycles. The Kier molecular flexibility index (Phi) is 4.54. The van der Waals surface area contributed by atoms with Crippen molar-refractivity contribution in [3.8, 4) is 0 Å². The third-order valence-corrected chi connectivity index (χ3v) is 2.72. The minimum absolute atomic E-state index is 0.101. The maximum atomic E-state index is 10.5. The molecule has 0 saturated heterocycles. The molecule has 1 aromatic rings. The van der Waals surface area contributed by atoms with Crippen molar-refractivity contribution in [3.05, 3.63) is 34.4 Å². The van der Waals surface area contributed by atoms with Crippen LogP contribution in [0.2, 0.25) is 0 Å². The van der Waals surface area contributed by atoms with Crippen LogP contribution in [0.25, 0.3) is 0 Å². The van der Waals surface area contributed by atoms with E-state index in [1.165, 1.54) is 12.1 Å². The predicted molar refractivity (Wildman–Crippen MR) is 74.5 cm³/mol. The Morgan fingerprint density at radius 1 is 1.26 bits per heavy atom. The number of rotatable bonds is 5. The summed E-state index contributed by atoms with van der Waals surface area (Å²) in [5.74, 6) is 0.844.